The van der Waals surface area contributed by atoms with E-state index >= 15 is 0 Å². The van der Waals surface area contributed by atoms with Crippen molar-refractivity contribution in [2.45, 2.75) is 52.2 Å². The van der Waals surface area contributed by atoms with Gasteiger partial charge in [-0.2, -0.15) is 0 Å². The fourth-order valence-electron chi connectivity index (χ4n) is 4.44. The van der Waals surface area contributed by atoms with Crippen molar-refractivity contribution in [3.63, 3.8) is 0 Å². The lowest BCUT2D eigenvalue weighted by Gasteiger charge is -2.14. The summed E-state index contributed by atoms with van der Waals surface area (Å²) in [4.78, 5) is 25.2. The fourth-order valence-corrected chi connectivity index (χ4v) is 5.70. The molecule has 0 amide bonds. The lowest BCUT2D eigenvalue weighted by atomic mass is 9.97. The van der Waals surface area contributed by atoms with Crippen LogP contribution in [0, 0.1) is 0 Å². The molecule has 5 rings (SSSR count). The van der Waals surface area contributed by atoms with E-state index in [-0.39, 0.29) is 5.56 Å². The molecule has 0 unspecified atom stereocenters. The molecule has 0 fully saturated rings. The minimum absolute atomic E-state index is 0.0331. The van der Waals surface area contributed by atoms with Crippen LogP contribution in [0.5, 0.6) is 0 Å². The molecule has 0 saturated heterocycles. The molecule has 0 aliphatic heterocycles. The summed E-state index contributed by atoms with van der Waals surface area (Å²) in [6.45, 7) is 7.72. The van der Waals surface area contributed by atoms with Crippen LogP contribution < -0.4 is 10.9 Å². The maximum absolute atomic E-state index is 13.4. The van der Waals surface area contributed by atoms with Crippen molar-refractivity contribution >= 4 is 38.5 Å². The first-order valence-corrected chi connectivity index (χ1v) is 11.4. The van der Waals surface area contributed by atoms with Gasteiger partial charge in [0.05, 0.1) is 23.0 Å². The highest BCUT2D eigenvalue weighted by Gasteiger charge is 2.22. The fraction of sp³-hybridized carbons (Fsp3) is 0.348. The number of rotatable bonds is 6. The Bertz CT molecular complexity index is 1310. The van der Waals surface area contributed by atoms with Crippen molar-refractivity contribution in [3.8, 4) is 0 Å². The van der Waals surface area contributed by atoms with Crippen molar-refractivity contribution < 1.29 is 0 Å². The van der Waals surface area contributed by atoms with Gasteiger partial charge < -0.3 is 9.88 Å². The van der Waals surface area contributed by atoms with E-state index in [2.05, 4.69) is 29.5 Å². The van der Waals surface area contributed by atoms with E-state index in [4.69, 9.17) is 9.97 Å². The van der Waals surface area contributed by atoms with Crippen molar-refractivity contribution in [1.29, 1.82) is 0 Å². The molecule has 1 aromatic carbocycles. The van der Waals surface area contributed by atoms with Crippen molar-refractivity contribution in [2.75, 3.05) is 5.32 Å². The second-order valence-corrected chi connectivity index (χ2v) is 8.73. The van der Waals surface area contributed by atoms with Crippen molar-refractivity contribution in [1.82, 2.24) is 19.1 Å². The summed E-state index contributed by atoms with van der Waals surface area (Å²) in [5, 5.41) is 4.20. The molecule has 1 aliphatic carbocycles. The lowest BCUT2D eigenvalue weighted by Crippen LogP contribution is -2.25. The van der Waals surface area contributed by atoms with Gasteiger partial charge in [0.15, 0.2) is 0 Å². The largest absolute Gasteiger partial charge is 0.348 e. The Hall–Kier alpha value is -2.93. The zero-order valence-corrected chi connectivity index (χ0v) is 18.0. The highest BCUT2D eigenvalue weighted by atomic mass is 32.1. The molecule has 0 radical (unpaired) electrons. The van der Waals surface area contributed by atoms with Gasteiger partial charge in [0.1, 0.15) is 10.7 Å². The molecule has 7 heteroatoms. The number of aromatic nitrogens is 4. The summed E-state index contributed by atoms with van der Waals surface area (Å²) >= 11 is 1.68. The highest BCUT2D eigenvalue weighted by molar-refractivity contribution is 7.18. The topological polar surface area (TPSA) is 64.7 Å². The third-order valence-electron chi connectivity index (χ3n) is 5.84. The van der Waals surface area contributed by atoms with E-state index in [9.17, 15) is 4.79 Å². The van der Waals surface area contributed by atoms with Gasteiger partial charge in [-0.1, -0.05) is 18.2 Å². The van der Waals surface area contributed by atoms with Crippen LogP contribution in [-0.2, 0) is 32.5 Å². The van der Waals surface area contributed by atoms with Crippen LogP contribution in [0.1, 0.15) is 36.0 Å². The van der Waals surface area contributed by atoms with Gasteiger partial charge in [0.2, 0.25) is 5.95 Å². The molecule has 4 aromatic rings. The molecule has 154 valence electrons. The second kappa shape index (κ2) is 7.72. The zero-order valence-electron chi connectivity index (χ0n) is 17.1. The molecule has 0 saturated carbocycles. The number of aryl methyl sites for hydroxylation is 3. The number of anilines is 1. The SMILES string of the molecule is C=CCn1c(NCc2nc3ccccc3n2CC)nc2sc3c(c2c1=O)CCCC3. The highest BCUT2D eigenvalue weighted by Crippen LogP contribution is 2.34. The number of benzene rings is 1. The van der Waals surface area contributed by atoms with Gasteiger partial charge in [0.25, 0.3) is 5.56 Å². The molecule has 30 heavy (non-hydrogen) atoms. The molecule has 6 nitrogen and oxygen atoms in total. The second-order valence-electron chi connectivity index (χ2n) is 7.65. The van der Waals surface area contributed by atoms with Gasteiger partial charge >= 0.3 is 0 Å². The Labute approximate surface area is 178 Å². The van der Waals surface area contributed by atoms with Crippen LogP contribution >= 0.6 is 11.3 Å². The van der Waals surface area contributed by atoms with E-state index in [1.54, 1.807) is 22.0 Å². The average Bonchev–Trinajstić information content (AvgIpc) is 3.32. The number of para-hydroxylation sites is 2. The number of nitrogens with zero attached hydrogens (tertiary/aromatic N) is 4. The lowest BCUT2D eigenvalue weighted by molar-refractivity contribution is 0.697. The Morgan fingerprint density at radius 3 is 2.87 bits per heavy atom. The van der Waals surface area contributed by atoms with Gasteiger partial charge in [0, 0.05) is 18.0 Å². The standard InChI is InChI=1S/C23H25N5OS/c1-3-13-28-22(29)20-15-9-5-8-12-18(15)30-21(20)26-23(28)24-14-19-25-16-10-6-7-11-17(16)27(19)4-2/h3,6-7,10-11H,1,4-5,8-9,12-14H2,2H3,(H,24,26). The Kier molecular flexibility index (Phi) is 4.90. The Balaban J connectivity index is 1.56. The van der Waals surface area contributed by atoms with Gasteiger partial charge in [-0.05, 0) is 50.3 Å². The first-order chi connectivity index (χ1) is 14.7. The van der Waals surface area contributed by atoms with Gasteiger partial charge in [-0.25, -0.2) is 9.97 Å². The van der Waals surface area contributed by atoms with E-state index in [1.807, 2.05) is 18.2 Å². The van der Waals surface area contributed by atoms with E-state index in [0.717, 1.165) is 52.9 Å². The molecule has 3 aromatic heterocycles. The van der Waals surface area contributed by atoms with Crippen molar-refractivity contribution in [3.05, 3.63) is 63.5 Å². The first-order valence-electron chi connectivity index (χ1n) is 10.5. The molecule has 3 heterocycles. The number of fused-ring (bicyclic) bond motifs is 4. The smallest absolute Gasteiger partial charge is 0.264 e. The zero-order chi connectivity index (χ0) is 20.7. The average molecular weight is 420 g/mol. The number of thiophene rings is 1. The number of nitrogens with one attached hydrogen (secondary N) is 1. The predicted molar refractivity (Wildman–Crippen MR) is 123 cm³/mol. The molecule has 0 bridgehead atoms. The Morgan fingerprint density at radius 2 is 2.03 bits per heavy atom. The minimum atomic E-state index is 0.0331. The van der Waals surface area contributed by atoms with E-state index < -0.39 is 0 Å². The molecule has 1 N–H and O–H groups in total. The number of imidazole rings is 1. The minimum Gasteiger partial charge on any atom is -0.348 e. The first kappa shape index (κ1) is 19.1. The number of allylic oxidation sites excluding steroid dienone is 1. The molecular formula is C23H25N5OS. The van der Waals surface area contributed by atoms with Gasteiger partial charge in [-0.15, -0.1) is 17.9 Å². The van der Waals surface area contributed by atoms with Crippen LogP contribution in [0.3, 0.4) is 0 Å². The summed E-state index contributed by atoms with van der Waals surface area (Å²) < 4.78 is 3.90. The summed E-state index contributed by atoms with van der Waals surface area (Å²) in [6, 6.07) is 8.15. The maximum atomic E-state index is 13.4. The number of hydrogen-bond acceptors (Lipinski definition) is 5. The van der Waals surface area contributed by atoms with Crippen LogP contribution in [0.25, 0.3) is 21.3 Å². The van der Waals surface area contributed by atoms with E-state index in [1.165, 1.54) is 16.9 Å². The van der Waals surface area contributed by atoms with Gasteiger partial charge in [-0.3, -0.25) is 9.36 Å². The summed E-state index contributed by atoms with van der Waals surface area (Å²) in [7, 11) is 0. The normalized spacial score (nSPS) is 13.6. The third kappa shape index (κ3) is 3.04. The number of hydrogen-bond donors (Lipinski definition) is 1. The predicted octanol–water partition coefficient (Wildman–Crippen LogP) is 4.50. The van der Waals surface area contributed by atoms with Crippen LogP contribution in [0.4, 0.5) is 5.95 Å². The summed E-state index contributed by atoms with van der Waals surface area (Å²) in [5.41, 5.74) is 3.35. The third-order valence-corrected chi connectivity index (χ3v) is 7.03. The molecule has 1 aliphatic rings. The van der Waals surface area contributed by atoms with Crippen LogP contribution in [0.15, 0.2) is 41.7 Å². The molecule has 0 spiro atoms. The quantitative estimate of drug-likeness (QED) is 0.467. The van der Waals surface area contributed by atoms with Crippen LogP contribution in [0.2, 0.25) is 0 Å². The molecular weight excluding hydrogens is 394 g/mol. The van der Waals surface area contributed by atoms with E-state index in [0.29, 0.717) is 19.0 Å². The monoisotopic (exact) mass is 419 g/mol. The van der Waals surface area contributed by atoms with Crippen LogP contribution in [-0.4, -0.2) is 19.1 Å². The van der Waals surface area contributed by atoms with Crippen molar-refractivity contribution in [2.24, 2.45) is 0 Å². The molecule has 0 atom stereocenters. The maximum Gasteiger partial charge on any atom is 0.264 e. The summed E-state index contributed by atoms with van der Waals surface area (Å²) in [6.07, 6.45) is 6.13. The Morgan fingerprint density at radius 1 is 1.20 bits per heavy atom. The summed E-state index contributed by atoms with van der Waals surface area (Å²) in [5.74, 6) is 1.52.